The first-order valence-corrected chi connectivity index (χ1v) is 9.25. The third kappa shape index (κ3) is 3.53. The molecule has 3 rings (SSSR count). The zero-order valence-electron chi connectivity index (χ0n) is 13.1. The largest absolute Gasteiger partial charge is 0.497 e. The van der Waals surface area contributed by atoms with Crippen LogP contribution in [0.2, 0.25) is 0 Å². The molecule has 23 heavy (non-hydrogen) atoms. The van der Waals surface area contributed by atoms with Crippen LogP contribution in [0.25, 0.3) is 11.4 Å². The topological polar surface area (TPSA) is 85.5 Å². The minimum absolute atomic E-state index is 0.104. The van der Waals surface area contributed by atoms with Crippen LogP contribution in [0.1, 0.15) is 24.7 Å². The van der Waals surface area contributed by atoms with Gasteiger partial charge in [0.05, 0.1) is 13.4 Å². The molecule has 0 amide bonds. The molecule has 7 nitrogen and oxygen atoms in total. The fraction of sp³-hybridized carbons (Fsp3) is 0.467. The molecule has 0 bridgehead atoms. The van der Waals surface area contributed by atoms with E-state index in [9.17, 15) is 8.42 Å². The smallest absolute Gasteiger partial charge is 0.230 e. The minimum atomic E-state index is -3.12. The summed E-state index contributed by atoms with van der Waals surface area (Å²) in [6.45, 7) is 0.980. The molecule has 1 aromatic heterocycles. The molecule has 1 saturated heterocycles. The van der Waals surface area contributed by atoms with Gasteiger partial charge in [0.15, 0.2) is 0 Å². The maximum atomic E-state index is 11.5. The second kappa shape index (κ2) is 6.29. The number of ether oxygens (including phenoxy) is 1. The molecule has 1 aliphatic rings. The summed E-state index contributed by atoms with van der Waals surface area (Å²) in [6, 6.07) is 7.44. The highest BCUT2D eigenvalue weighted by molar-refractivity contribution is 7.88. The number of piperidine rings is 1. The first-order chi connectivity index (χ1) is 11.0. The van der Waals surface area contributed by atoms with Crippen LogP contribution in [0.5, 0.6) is 5.75 Å². The summed E-state index contributed by atoms with van der Waals surface area (Å²) in [5.41, 5.74) is 0.856. The van der Waals surface area contributed by atoms with E-state index >= 15 is 0 Å². The second-order valence-electron chi connectivity index (χ2n) is 5.62. The van der Waals surface area contributed by atoms with Gasteiger partial charge >= 0.3 is 0 Å². The Hall–Kier alpha value is -1.93. The lowest BCUT2D eigenvalue weighted by Gasteiger charge is -2.28. The third-order valence-electron chi connectivity index (χ3n) is 4.06. The van der Waals surface area contributed by atoms with Crippen LogP contribution in [0.3, 0.4) is 0 Å². The molecule has 0 atom stereocenters. The Morgan fingerprint density at radius 2 is 1.87 bits per heavy atom. The van der Waals surface area contributed by atoms with Crippen LogP contribution in [-0.4, -0.2) is 49.3 Å². The van der Waals surface area contributed by atoms with E-state index in [4.69, 9.17) is 9.26 Å². The zero-order chi connectivity index (χ0) is 16.4. The SMILES string of the molecule is COc1ccc(-c2noc(C3CCN(S(C)(=O)=O)CC3)n2)cc1. The van der Waals surface area contributed by atoms with Crippen molar-refractivity contribution in [1.82, 2.24) is 14.4 Å². The van der Waals surface area contributed by atoms with Gasteiger partial charge in [0.25, 0.3) is 0 Å². The van der Waals surface area contributed by atoms with Crippen molar-refractivity contribution in [3.63, 3.8) is 0 Å². The highest BCUT2D eigenvalue weighted by atomic mass is 32.2. The lowest BCUT2D eigenvalue weighted by molar-refractivity contribution is 0.271. The first-order valence-electron chi connectivity index (χ1n) is 7.40. The standard InChI is InChI=1S/C15H19N3O4S/c1-21-13-5-3-11(4-6-13)14-16-15(22-17-14)12-7-9-18(10-8-12)23(2,19)20/h3-6,12H,7-10H2,1-2H3. The van der Waals surface area contributed by atoms with Gasteiger partial charge in [-0.15, -0.1) is 0 Å². The van der Waals surface area contributed by atoms with Crippen LogP contribution < -0.4 is 4.74 Å². The highest BCUT2D eigenvalue weighted by Gasteiger charge is 2.29. The van der Waals surface area contributed by atoms with Crippen molar-refractivity contribution < 1.29 is 17.7 Å². The first kappa shape index (κ1) is 15.9. The second-order valence-corrected chi connectivity index (χ2v) is 7.60. The number of sulfonamides is 1. The molecular weight excluding hydrogens is 318 g/mol. The molecule has 1 aromatic carbocycles. The van der Waals surface area contributed by atoms with Crippen LogP contribution in [-0.2, 0) is 10.0 Å². The van der Waals surface area contributed by atoms with E-state index < -0.39 is 10.0 Å². The number of nitrogens with zero attached hydrogens (tertiary/aromatic N) is 3. The Balaban J connectivity index is 1.70. The maximum absolute atomic E-state index is 11.5. The molecule has 8 heteroatoms. The molecule has 0 aliphatic carbocycles. The van der Waals surface area contributed by atoms with Crippen molar-refractivity contribution in [1.29, 1.82) is 0 Å². The van der Waals surface area contributed by atoms with E-state index in [1.54, 1.807) is 7.11 Å². The lowest BCUT2D eigenvalue weighted by atomic mass is 9.98. The molecule has 0 saturated carbocycles. The van der Waals surface area contributed by atoms with Crippen molar-refractivity contribution in [3.05, 3.63) is 30.2 Å². The number of rotatable bonds is 4. The van der Waals surface area contributed by atoms with Gasteiger partial charge in [0.1, 0.15) is 5.75 Å². The Kier molecular flexibility index (Phi) is 4.36. The molecule has 0 spiro atoms. The number of methoxy groups -OCH3 is 1. The predicted molar refractivity (Wildman–Crippen MR) is 84.7 cm³/mol. The molecule has 124 valence electrons. The van der Waals surface area contributed by atoms with Gasteiger partial charge in [-0.05, 0) is 37.1 Å². The minimum Gasteiger partial charge on any atom is -0.497 e. The molecule has 0 unspecified atom stereocenters. The quantitative estimate of drug-likeness (QED) is 0.847. The normalized spacial score (nSPS) is 17.3. The number of benzene rings is 1. The van der Waals surface area contributed by atoms with Gasteiger partial charge in [0, 0.05) is 24.6 Å². The molecule has 1 aliphatic heterocycles. The van der Waals surface area contributed by atoms with Crippen molar-refractivity contribution >= 4 is 10.0 Å². The molecular formula is C15H19N3O4S. The van der Waals surface area contributed by atoms with Crippen LogP contribution >= 0.6 is 0 Å². The van der Waals surface area contributed by atoms with Gasteiger partial charge in [0.2, 0.25) is 21.7 Å². The van der Waals surface area contributed by atoms with Crippen LogP contribution in [0, 0.1) is 0 Å². The summed E-state index contributed by atoms with van der Waals surface area (Å²) in [5, 5.41) is 4.03. The Labute approximate surface area is 135 Å². The van der Waals surface area contributed by atoms with E-state index in [1.165, 1.54) is 10.6 Å². The summed E-state index contributed by atoms with van der Waals surface area (Å²) in [5.74, 6) is 1.98. The number of aromatic nitrogens is 2. The molecule has 2 aromatic rings. The van der Waals surface area contributed by atoms with E-state index in [0.717, 1.165) is 11.3 Å². The van der Waals surface area contributed by atoms with Gasteiger partial charge in [-0.2, -0.15) is 4.98 Å². The van der Waals surface area contributed by atoms with E-state index in [-0.39, 0.29) is 5.92 Å². The van der Waals surface area contributed by atoms with Gasteiger partial charge in [-0.1, -0.05) is 5.16 Å². The summed E-state index contributed by atoms with van der Waals surface area (Å²) in [4.78, 5) is 4.46. The average Bonchev–Trinajstić information content (AvgIpc) is 3.04. The molecule has 1 fully saturated rings. The fourth-order valence-electron chi connectivity index (χ4n) is 2.69. The summed E-state index contributed by atoms with van der Waals surface area (Å²) in [6.07, 6.45) is 2.62. The maximum Gasteiger partial charge on any atom is 0.230 e. The predicted octanol–water partition coefficient (Wildman–Crippen LogP) is 1.88. The average molecular weight is 337 g/mol. The summed E-state index contributed by atoms with van der Waals surface area (Å²) < 4.78 is 35.1. The lowest BCUT2D eigenvalue weighted by Crippen LogP contribution is -2.37. The van der Waals surface area contributed by atoms with Gasteiger partial charge in [-0.3, -0.25) is 0 Å². The van der Waals surface area contributed by atoms with E-state index in [0.29, 0.717) is 37.6 Å². The van der Waals surface area contributed by atoms with Crippen molar-refractivity contribution in [2.45, 2.75) is 18.8 Å². The van der Waals surface area contributed by atoms with Crippen molar-refractivity contribution in [2.75, 3.05) is 26.5 Å². The Morgan fingerprint density at radius 3 is 2.43 bits per heavy atom. The van der Waals surface area contributed by atoms with Gasteiger partial charge in [-0.25, -0.2) is 12.7 Å². The van der Waals surface area contributed by atoms with Crippen LogP contribution in [0.4, 0.5) is 0 Å². The van der Waals surface area contributed by atoms with E-state index in [1.807, 2.05) is 24.3 Å². The fourth-order valence-corrected chi connectivity index (χ4v) is 3.57. The van der Waals surface area contributed by atoms with Crippen LogP contribution in [0.15, 0.2) is 28.8 Å². The Morgan fingerprint density at radius 1 is 1.22 bits per heavy atom. The molecule has 2 heterocycles. The monoisotopic (exact) mass is 337 g/mol. The van der Waals surface area contributed by atoms with Gasteiger partial charge < -0.3 is 9.26 Å². The van der Waals surface area contributed by atoms with E-state index in [2.05, 4.69) is 10.1 Å². The third-order valence-corrected chi connectivity index (χ3v) is 5.37. The zero-order valence-corrected chi connectivity index (χ0v) is 13.9. The highest BCUT2D eigenvalue weighted by Crippen LogP contribution is 2.29. The summed E-state index contributed by atoms with van der Waals surface area (Å²) in [7, 11) is -1.51. The van der Waals surface area contributed by atoms with Crippen molar-refractivity contribution in [3.8, 4) is 17.1 Å². The number of hydrogen-bond donors (Lipinski definition) is 0. The van der Waals surface area contributed by atoms with Crippen molar-refractivity contribution in [2.24, 2.45) is 0 Å². The summed E-state index contributed by atoms with van der Waals surface area (Å²) >= 11 is 0. The Bertz CT molecular complexity index is 762. The number of hydrogen-bond acceptors (Lipinski definition) is 6. The molecule has 0 radical (unpaired) electrons. The molecule has 0 N–H and O–H groups in total.